The molecule has 2 aromatic carbocycles. The van der Waals surface area contributed by atoms with Crippen LogP contribution in [0.4, 0.5) is 5.69 Å². The van der Waals surface area contributed by atoms with Crippen LogP contribution in [0.3, 0.4) is 0 Å². The Bertz CT molecular complexity index is 1010. The van der Waals surface area contributed by atoms with E-state index in [1.54, 1.807) is 24.1 Å². The zero-order valence-corrected chi connectivity index (χ0v) is 17.8. The van der Waals surface area contributed by atoms with Gasteiger partial charge in [0.25, 0.3) is 5.91 Å². The highest BCUT2D eigenvalue weighted by Crippen LogP contribution is 2.17. The summed E-state index contributed by atoms with van der Waals surface area (Å²) >= 11 is 0. The van der Waals surface area contributed by atoms with Gasteiger partial charge in [-0.2, -0.15) is 0 Å². The molecule has 0 aliphatic heterocycles. The van der Waals surface area contributed by atoms with Crippen molar-refractivity contribution in [3.63, 3.8) is 0 Å². The SMILES string of the molecule is Cc1ccc(C(=O)OCC(=O)N(C)Cc2ccc(N(C)C)cc2)cc1-n1cccc1. The Morgan fingerprint density at radius 1 is 0.967 bits per heavy atom. The van der Waals surface area contributed by atoms with E-state index in [0.29, 0.717) is 12.1 Å². The first kappa shape index (κ1) is 21.2. The number of carbonyl (C=O) groups is 2. The number of carbonyl (C=O) groups excluding carboxylic acids is 2. The van der Waals surface area contributed by atoms with E-state index in [2.05, 4.69) is 0 Å². The fourth-order valence-electron chi connectivity index (χ4n) is 3.09. The van der Waals surface area contributed by atoms with Crippen LogP contribution in [0.5, 0.6) is 0 Å². The molecule has 0 bridgehead atoms. The molecule has 3 rings (SSSR count). The van der Waals surface area contributed by atoms with Crippen LogP contribution in [0.1, 0.15) is 21.5 Å². The van der Waals surface area contributed by atoms with Crippen LogP contribution >= 0.6 is 0 Å². The van der Waals surface area contributed by atoms with Crippen molar-refractivity contribution in [2.24, 2.45) is 0 Å². The van der Waals surface area contributed by atoms with E-state index in [1.165, 1.54) is 0 Å². The lowest BCUT2D eigenvalue weighted by molar-refractivity contribution is -0.133. The minimum Gasteiger partial charge on any atom is -0.452 e. The number of amides is 1. The summed E-state index contributed by atoms with van der Waals surface area (Å²) < 4.78 is 7.20. The van der Waals surface area contributed by atoms with Gasteiger partial charge in [0.1, 0.15) is 0 Å². The number of benzene rings is 2. The summed E-state index contributed by atoms with van der Waals surface area (Å²) in [6, 6.07) is 17.2. The first-order chi connectivity index (χ1) is 14.3. The third-order valence-electron chi connectivity index (χ3n) is 4.95. The predicted octanol–water partition coefficient (Wildman–Crippen LogP) is 3.67. The van der Waals surface area contributed by atoms with Crippen LogP contribution in [-0.2, 0) is 16.1 Å². The Labute approximate surface area is 177 Å². The Hall–Kier alpha value is -3.54. The maximum Gasteiger partial charge on any atom is 0.338 e. The molecule has 6 heteroatoms. The number of anilines is 1. The van der Waals surface area contributed by atoms with Crippen LogP contribution < -0.4 is 4.90 Å². The summed E-state index contributed by atoms with van der Waals surface area (Å²) in [5.74, 6) is -0.765. The highest BCUT2D eigenvalue weighted by molar-refractivity contribution is 5.92. The van der Waals surface area contributed by atoms with Crippen molar-refractivity contribution >= 4 is 17.6 Å². The molecular formula is C24H27N3O3. The molecular weight excluding hydrogens is 378 g/mol. The molecule has 1 aromatic heterocycles. The monoisotopic (exact) mass is 405 g/mol. The highest BCUT2D eigenvalue weighted by Gasteiger charge is 2.15. The molecule has 0 radical (unpaired) electrons. The summed E-state index contributed by atoms with van der Waals surface area (Å²) in [5, 5.41) is 0. The maximum absolute atomic E-state index is 12.5. The second kappa shape index (κ2) is 9.31. The number of ether oxygens (including phenoxy) is 1. The van der Waals surface area contributed by atoms with Gasteiger partial charge in [0, 0.05) is 51.5 Å². The van der Waals surface area contributed by atoms with Gasteiger partial charge in [-0.3, -0.25) is 4.79 Å². The molecule has 0 unspecified atom stereocenters. The van der Waals surface area contributed by atoms with Crippen LogP contribution in [-0.4, -0.2) is 49.1 Å². The standard InChI is InChI=1S/C24H27N3O3/c1-18-7-10-20(15-22(18)27-13-5-6-14-27)24(29)30-17-23(28)26(4)16-19-8-11-21(12-9-19)25(2)3/h5-15H,16-17H2,1-4H3. The number of aromatic nitrogens is 1. The highest BCUT2D eigenvalue weighted by atomic mass is 16.5. The average molecular weight is 405 g/mol. The maximum atomic E-state index is 12.5. The van der Waals surface area contributed by atoms with Crippen LogP contribution in [0.25, 0.3) is 5.69 Å². The van der Waals surface area contributed by atoms with Gasteiger partial charge in [0.2, 0.25) is 0 Å². The molecule has 30 heavy (non-hydrogen) atoms. The van der Waals surface area contributed by atoms with Crippen LogP contribution in [0.15, 0.2) is 67.0 Å². The Kier molecular flexibility index (Phi) is 6.57. The van der Waals surface area contributed by atoms with Crippen molar-refractivity contribution in [3.8, 4) is 5.69 Å². The van der Waals surface area contributed by atoms with Crippen molar-refractivity contribution in [1.29, 1.82) is 0 Å². The van der Waals surface area contributed by atoms with Gasteiger partial charge < -0.3 is 19.1 Å². The van der Waals surface area contributed by atoms with Gasteiger partial charge in [-0.15, -0.1) is 0 Å². The first-order valence-corrected chi connectivity index (χ1v) is 9.76. The quantitative estimate of drug-likeness (QED) is 0.563. The summed E-state index contributed by atoms with van der Waals surface area (Å²) in [4.78, 5) is 28.4. The minimum absolute atomic E-state index is 0.252. The van der Waals surface area contributed by atoms with E-state index < -0.39 is 5.97 Å². The molecule has 6 nitrogen and oxygen atoms in total. The van der Waals surface area contributed by atoms with Crippen molar-refractivity contribution in [3.05, 3.63) is 83.7 Å². The van der Waals surface area contributed by atoms with Gasteiger partial charge in [-0.1, -0.05) is 18.2 Å². The second-order valence-corrected chi connectivity index (χ2v) is 7.48. The van der Waals surface area contributed by atoms with E-state index in [1.807, 2.05) is 85.3 Å². The normalized spacial score (nSPS) is 10.5. The van der Waals surface area contributed by atoms with Crippen molar-refractivity contribution < 1.29 is 14.3 Å². The van der Waals surface area contributed by atoms with E-state index in [-0.39, 0.29) is 12.5 Å². The predicted molar refractivity (Wildman–Crippen MR) is 118 cm³/mol. The summed E-state index contributed by atoms with van der Waals surface area (Å²) in [5.41, 5.74) is 4.47. The molecule has 0 saturated heterocycles. The lowest BCUT2D eigenvalue weighted by Gasteiger charge is -2.18. The molecule has 1 amide bonds. The van der Waals surface area contributed by atoms with Crippen molar-refractivity contribution in [2.75, 3.05) is 32.6 Å². The third-order valence-corrected chi connectivity index (χ3v) is 4.95. The number of aryl methyl sites for hydroxylation is 1. The molecule has 1 heterocycles. The van der Waals surface area contributed by atoms with E-state index >= 15 is 0 Å². The number of esters is 1. The second-order valence-electron chi connectivity index (χ2n) is 7.48. The van der Waals surface area contributed by atoms with E-state index in [9.17, 15) is 9.59 Å². The Balaban J connectivity index is 1.57. The fourth-order valence-corrected chi connectivity index (χ4v) is 3.09. The smallest absolute Gasteiger partial charge is 0.338 e. The minimum atomic E-state index is -0.513. The first-order valence-electron chi connectivity index (χ1n) is 9.76. The molecule has 0 spiro atoms. The molecule has 0 aliphatic carbocycles. The van der Waals surface area contributed by atoms with Crippen LogP contribution in [0.2, 0.25) is 0 Å². The number of hydrogen-bond acceptors (Lipinski definition) is 4. The Morgan fingerprint density at radius 3 is 2.27 bits per heavy atom. The summed E-state index contributed by atoms with van der Waals surface area (Å²) in [7, 11) is 5.66. The molecule has 3 aromatic rings. The van der Waals surface area contributed by atoms with Crippen LogP contribution in [0, 0.1) is 6.92 Å². The fraction of sp³-hybridized carbons (Fsp3) is 0.250. The number of hydrogen-bond donors (Lipinski definition) is 0. The Morgan fingerprint density at radius 2 is 1.63 bits per heavy atom. The number of nitrogens with zero attached hydrogens (tertiary/aromatic N) is 3. The molecule has 0 atom stereocenters. The van der Waals surface area contributed by atoms with Gasteiger partial charge in [0.05, 0.1) is 5.56 Å². The molecule has 0 saturated carbocycles. The lowest BCUT2D eigenvalue weighted by atomic mass is 10.1. The van der Waals surface area contributed by atoms with Gasteiger partial charge in [-0.25, -0.2) is 4.79 Å². The van der Waals surface area contributed by atoms with Gasteiger partial charge >= 0.3 is 5.97 Å². The average Bonchev–Trinajstić information content (AvgIpc) is 3.27. The van der Waals surface area contributed by atoms with Gasteiger partial charge in [0.15, 0.2) is 6.61 Å². The zero-order valence-electron chi connectivity index (χ0n) is 17.8. The van der Waals surface area contributed by atoms with E-state index in [4.69, 9.17) is 4.74 Å². The summed E-state index contributed by atoms with van der Waals surface area (Å²) in [6.45, 7) is 2.14. The third kappa shape index (κ3) is 5.08. The molecule has 0 fully saturated rings. The molecule has 0 aliphatic rings. The van der Waals surface area contributed by atoms with E-state index in [0.717, 1.165) is 22.5 Å². The zero-order chi connectivity index (χ0) is 21.7. The molecule has 156 valence electrons. The van der Waals surface area contributed by atoms with Crippen molar-refractivity contribution in [1.82, 2.24) is 9.47 Å². The number of likely N-dealkylation sites (N-methyl/N-ethyl adjacent to an activating group) is 1. The van der Waals surface area contributed by atoms with Crippen molar-refractivity contribution in [2.45, 2.75) is 13.5 Å². The summed E-state index contributed by atoms with van der Waals surface area (Å²) in [6.07, 6.45) is 3.84. The topological polar surface area (TPSA) is 54.8 Å². The molecule has 0 N–H and O–H groups in total. The largest absolute Gasteiger partial charge is 0.452 e. The lowest BCUT2D eigenvalue weighted by Crippen LogP contribution is -2.30. The number of rotatable bonds is 7. The van der Waals surface area contributed by atoms with Gasteiger partial charge in [-0.05, 0) is 54.4 Å².